The van der Waals surface area contributed by atoms with Crippen LogP contribution in [0.2, 0.25) is 0 Å². The Bertz CT molecular complexity index is 1150. The molecular weight excluding hydrogens is 413 g/mol. The molecule has 1 aliphatic rings. The summed E-state index contributed by atoms with van der Waals surface area (Å²) in [5.74, 6) is -0.868. The van der Waals surface area contributed by atoms with Crippen LogP contribution in [0.5, 0.6) is 5.75 Å². The minimum atomic E-state index is -0.414. The molecule has 0 spiro atoms. The Labute approximate surface area is 183 Å². The first-order chi connectivity index (χ1) is 15.5. The topological polar surface area (TPSA) is 87.7 Å². The van der Waals surface area contributed by atoms with E-state index in [-0.39, 0.29) is 37.3 Å². The lowest BCUT2D eigenvalue weighted by Crippen LogP contribution is -2.38. The molecule has 7 nitrogen and oxygen atoms in total. The van der Waals surface area contributed by atoms with Crippen LogP contribution in [-0.2, 0) is 16.1 Å². The molecule has 1 aliphatic heterocycles. The van der Waals surface area contributed by atoms with Crippen LogP contribution in [0.15, 0.2) is 72.8 Å². The lowest BCUT2D eigenvalue weighted by atomic mass is 10.1. The summed E-state index contributed by atoms with van der Waals surface area (Å²) >= 11 is 0. The number of fused-ring (bicyclic) bond motifs is 1. The number of ether oxygens (including phenoxy) is 1. The Kier molecular flexibility index (Phi) is 6.12. The molecule has 2 N–H and O–H groups in total. The van der Waals surface area contributed by atoms with E-state index >= 15 is 0 Å². The molecule has 0 aromatic heterocycles. The third-order valence-electron chi connectivity index (χ3n) is 4.89. The van der Waals surface area contributed by atoms with Gasteiger partial charge in [0.2, 0.25) is 5.91 Å². The fourth-order valence-corrected chi connectivity index (χ4v) is 3.28. The van der Waals surface area contributed by atoms with Gasteiger partial charge in [0.25, 0.3) is 11.8 Å². The molecule has 0 unspecified atom stereocenters. The van der Waals surface area contributed by atoms with Crippen LogP contribution >= 0.6 is 0 Å². The minimum Gasteiger partial charge on any atom is -0.482 e. The summed E-state index contributed by atoms with van der Waals surface area (Å²) in [7, 11) is 0. The quantitative estimate of drug-likeness (QED) is 0.625. The zero-order valence-corrected chi connectivity index (χ0v) is 17.0. The van der Waals surface area contributed by atoms with Crippen molar-refractivity contribution in [2.24, 2.45) is 0 Å². The molecule has 32 heavy (non-hydrogen) atoms. The maximum atomic E-state index is 13.2. The SMILES string of the molecule is O=C(CNC(=O)c1ccccc1)Nc1ccc2c(c1)N(Cc1ccc(F)cc1)C(=O)CO2. The first-order valence-corrected chi connectivity index (χ1v) is 9.94. The van der Waals surface area contributed by atoms with Gasteiger partial charge in [-0.15, -0.1) is 0 Å². The molecule has 0 saturated heterocycles. The first kappa shape index (κ1) is 21.0. The molecule has 1 heterocycles. The van der Waals surface area contributed by atoms with E-state index < -0.39 is 5.91 Å². The highest BCUT2D eigenvalue weighted by molar-refractivity contribution is 6.01. The van der Waals surface area contributed by atoms with Gasteiger partial charge in [-0.3, -0.25) is 14.4 Å². The molecule has 0 bridgehead atoms. The van der Waals surface area contributed by atoms with Crippen molar-refractivity contribution in [2.45, 2.75) is 6.54 Å². The van der Waals surface area contributed by atoms with Crippen molar-refractivity contribution >= 4 is 29.1 Å². The summed E-state index contributed by atoms with van der Waals surface area (Å²) in [4.78, 5) is 38.4. The second kappa shape index (κ2) is 9.30. The molecule has 3 amide bonds. The first-order valence-electron chi connectivity index (χ1n) is 9.94. The molecule has 4 rings (SSSR count). The van der Waals surface area contributed by atoms with Crippen LogP contribution in [0.25, 0.3) is 0 Å². The average molecular weight is 433 g/mol. The number of nitrogens with zero attached hydrogens (tertiary/aromatic N) is 1. The molecular formula is C24H20FN3O4. The number of benzene rings is 3. The molecule has 0 atom stereocenters. The van der Waals surface area contributed by atoms with Gasteiger partial charge in [0, 0.05) is 11.3 Å². The van der Waals surface area contributed by atoms with Crippen LogP contribution in [-0.4, -0.2) is 30.9 Å². The van der Waals surface area contributed by atoms with Crippen molar-refractivity contribution in [3.8, 4) is 5.75 Å². The van der Waals surface area contributed by atoms with Gasteiger partial charge < -0.3 is 20.3 Å². The van der Waals surface area contributed by atoms with E-state index in [1.54, 1.807) is 60.7 Å². The van der Waals surface area contributed by atoms with Gasteiger partial charge in [0.15, 0.2) is 6.61 Å². The van der Waals surface area contributed by atoms with E-state index in [2.05, 4.69) is 10.6 Å². The molecule has 8 heteroatoms. The molecule has 0 aliphatic carbocycles. The van der Waals surface area contributed by atoms with Crippen LogP contribution in [0, 0.1) is 5.82 Å². The van der Waals surface area contributed by atoms with Gasteiger partial charge >= 0.3 is 0 Å². The zero-order chi connectivity index (χ0) is 22.5. The number of carbonyl (C=O) groups is 3. The van der Waals surface area contributed by atoms with Gasteiger partial charge in [-0.25, -0.2) is 4.39 Å². The Balaban J connectivity index is 1.44. The van der Waals surface area contributed by atoms with Gasteiger partial charge in [0.1, 0.15) is 11.6 Å². The summed E-state index contributed by atoms with van der Waals surface area (Å²) in [5.41, 5.74) is 2.16. The zero-order valence-electron chi connectivity index (χ0n) is 17.0. The molecule has 0 fully saturated rings. The number of nitrogens with one attached hydrogen (secondary N) is 2. The van der Waals surface area contributed by atoms with Crippen LogP contribution in [0.3, 0.4) is 0 Å². The summed E-state index contributed by atoms with van der Waals surface area (Å²) in [6.07, 6.45) is 0. The molecule has 3 aromatic carbocycles. The highest BCUT2D eigenvalue weighted by Gasteiger charge is 2.26. The van der Waals surface area contributed by atoms with Crippen molar-refractivity contribution in [1.82, 2.24) is 5.32 Å². The van der Waals surface area contributed by atoms with E-state index in [1.165, 1.54) is 17.0 Å². The average Bonchev–Trinajstić information content (AvgIpc) is 2.81. The maximum absolute atomic E-state index is 13.2. The van der Waals surface area contributed by atoms with E-state index in [0.717, 1.165) is 5.56 Å². The number of amides is 3. The van der Waals surface area contributed by atoms with Crippen LogP contribution < -0.4 is 20.3 Å². The molecule has 162 valence electrons. The standard InChI is InChI=1S/C24H20FN3O4/c25-18-8-6-16(7-9-18)14-28-20-12-19(10-11-21(20)32-15-23(28)30)27-22(29)13-26-24(31)17-4-2-1-3-5-17/h1-12H,13-15H2,(H,26,31)(H,27,29). The number of halogens is 1. The minimum absolute atomic E-state index is 0.106. The second-order valence-corrected chi connectivity index (χ2v) is 7.17. The normalized spacial score (nSPS) is 12.5. The summed E-state index contributed by atoms with van der Waals surface area (Å²) in [6, 6.07) is 19.4. The number of anilines is 2. The van der Waals surface area contributed by atoms with E-state index in [4.69, 9.17) is 4.74 Å². The van der Waals surface area contributed by atoms with Crippen LogP contribution in [0.4, 0.5) is 15.8 Å². The Morgan fingerprint density at radius 2 is 1.75 bits per heavy atom. The van der Waals surface area contributed by atoms with E-state index in [1.807, 2.05) is 0 Å². The van der Waals surface area contributed by atoms with Gasteiger partial charge in [-0.2, -0.15) is 0 Å². The Hall–Kier alpha value is -4.20. The van der Waals surface area contributed by atoms with Crippen LogP contribution in [0.1, 0.15) is 15.9 Å². The Morgan fingerprint density at radius 1 is 1.00 bits per heavy atom. The maximum Gasteiger partial charge on any atom is 0.265 e. The van der Waals surface area contributed by atoms with E-state index in [9.17, 15) is 18.8 Å². The highest BCUT2D eigenvalue weighted by Crippen LogP contribution is 2.35. The lowest BCUT2D eigenvalue weighted by molar-refractivity contribution is -0.121. The molecule has 0 saturated carbocycles. The summed E-state index contributed by atoms with van der Waals surface area (Å²) in [5, 5.41) is 5.27. The fraction of sp³-hybridized carbons (Fsp3) is 0.125. The number of rotatable bonds is 6. The predicted molar refractivity (Wildman–Crippen MR) is 117 cm³/mol. The third-order valence-corrected chi connectivity index (χ3v) is 4.89. The molecule has 3 aromatic rings. The Morgan fingerprint density at radius 3 is 2.50 bits per heavy atom. The van der Waals surface area contributed by atoms with Crippen molar-refractivity contribution in [3.05, 3.63) is 89.7 Å². The number of hydrogen-bond acceptors (Lipinski definition) is 4. The van der Waals surface area contributed by atoms with Crippen molar-refractivity contribution < 1.29 is 23.5 Å². The van der Waals surface area contributed by atoms with E-state index in [0.29, 0.717) is 22.7 Å². The van der Waals surface area contributed by atoms with Gasteiger partial charge in [-0.05, 0) is 48.0 Å². The predicted octanol–water partition coefficient (Wildman–Crippen LogP) is 3.12. The van der Waals surface area contributed by atoms with Gasteiger partial charge in [0.05, 0.1) is 18.8 Å². The van der Waals surface area contributed by atoms with Crippen molar-refractivity contribution in [3.63, 3.8) is 0 Å². The smallest absolute Gasteiger partial charge is 0.265 e. The highest BCUT2D eigenvalue weighted by atomic mass is 19.1. The molecule has 0 radical (unpaired) electrons. The largest absolute Gasteiger partial charge is 0.482 e. The third kappa shape index (κ3) is 4.92. The monoisotopic (exact) mass is 433 g/mol. The van der Waals surface area contributed by atoms with Crippen molar-refractivity contribution in [2.75, 3.05) is 23.4 Å². The fourth-order valence-electron chi connectivity index (χ4n) is 3.28. The summed E-state index contributed by atoms with van der Waals surface area (Å²) < 4.78 is 18.7. The summed E-state index contributed by atoms with van der Waals surface area (Å²) in [6.45, 7) is -0.0784. The van der Waals surface area contributed by atoms with Gasteiger partial charge in [-0.1, -0.05) is 30.3 Å². The number of hydrogen-bond donors (Lipinski definition) is 2. The second-order valence-electron chi connectivity index (χ2n) is 7.17. The van der Waals surface area contributed by atoms with Crippen molar-refractivity contribution in [1.29, 1.82) is 0 Å². The lowest BCUT2D eigenvalue weighted by Gasteiger charge is -2.30. The number of carbonyl (C=O) groups excluding carboxylic acids is 3.